The molecule has 1 aromatic rings. The largest absolute Gasteiger partial charge is 0.496 e. The molecule has 1 aromatic carbocycles. The van der Waals surface area contributed by atoms with Gasteiger partial charge in [-0.05, 0) is 40.3 Å². The Kier molecular flexibility index (Phi) is 3.14. The lowest BCUT2D eigenvalue weighted by molar-refractivity contribution is 0.411. The van der Waals surface area contributed by atoms with Crippen LogP contribution in [0.4, 0.5) is 0 Å². The number of nitrogens with two attached hydrogens (primary N) is 1. The van der Waals surface area contributed by atoms with Gasteiger partial charge in [-0.1, -0.05) is 6.07 Å². The van der Waals surface area contributed by atoms with E-state index in [1.54, 1.807) is 7.11 Å². The second kappa shape index (κ2) is 3.92. The van der Waals surface area contributed by atoms with Crippen LogP contribution in [0.15, 0.2) is 18.2 Å². The van der Waals surface area contributed by atoms with Crippen LogP contribution in [0.2, 0.25) is 0 Å². The lowest BCUT2D eigenvalue weighted by Crippen LogP contribution is -1.97. The Hall–Kier alpha value is -0.290. The maximum absolute atomic E-state index is 5.47. The Morgan fingerprint density at radius 3 is 2.73 bits per heavy atom. The molecule has 0 saturated carbocycles. The summed E-state index contributed by atoms with van der Waals surface area (Å²) < 4.78 is 6.20. The molecular weight excluding hydrogens is 253 g/mol. The van der Waals surface area contributed by atoms with Crippen molar-refractivity contribution >= 4 is 22.6 Å². The van der Waals surface area contributed by atoms with Crippen molar-refractivity contribution in [3.05, 3.63) is 27.3 Å². The first-order valence-electron chi connectivity index (χ1n) is 3.30. The fourth-order valence-electron chi connectivity index (χ4n) is 0.837. The summed E-state index contributed by atoms with van der Waals surface area (Å²) in [6.45, 7) is 0.583. The van der Waals surface area contributed by atoms with Gasteiger partial charge in [-0.15, -0.1) is 0 Å². The molecule has 0 amide bonds. The average molecular weight is 263 g/mol. The van der Waals surface area contributed by atoms with E-state index >= 15 is 0 Å². The first-order valence-corrected chi connectivity index (χ1v) is 4.38. The lowest BCUT2D eigenvalue weighted by atomic mass is 10.2. The molecule has 0 unspecified atom stereocenters. The molecule has 0 aliphatic heterocycles. The van der Waals surface area contributed by atoms with Crippen molar-refractivity contribution in [2.75, 3.05) is 7.11 Å². The minimum Gasteiger partial charge on any atom is -0.496 e. The van der Waals surface area contributed by atoms with Crippen LogP contribution in [-0.2, 0) is 6.54 Å². The molecule has 0 spiro atoms. The fraction of sp³-hybridized carbons (Fsp3) is 0.250. The quantitative estimate of drug-likeness (QED) is 0.825. The van der Waals surface area contributed by atoms with Gasteiger partial charge in [0.1, 0.15) is 5.75 Å². The summed E-state index contributed by atoms with van der Waals surface area (Å²) in [5.74, 6) is 0.905. The molecule has 60 valence electrons. The van der Waals surface area contributed by atoms with Crippen LogP contribution in [-0.4, -0.2) is 7.11 Å². The van der Waals surface area contributed by atoms with Crippen LogP contribution in [0.5, 0.6) is 5.75 Å². The van der Waals surface area contributed by atoms with Gasteiger partial charge >= 0.3 is 0 Å². The summed E-state index contributed by atoms with van der Waals surface area (Å²) in [7, 11) is 1.67. The zero-order valence-corrected chi connectivity index (χ0v) is 8.46. The molecule has 0 heterocycles. The minimum atomic E-state index is 0.583. The summed E-state index contributed by atoms with van der Waals surface area (Å²) >= 11 is 2.23. The van der Waals surface area contributed by atoms with Gasteiger partial charge in [0.15, 0.2) is 0 Å². The summed E-state index contributed by atoms with van der Waals surface area (Å²) in [5.41, 5.74) is 6.60. The smallest absolute Gasteiger partial charge is 0.132 e. The second-order valence-electron chi connectivity index (χ2n) is 2.17. The first kappa shape index (κ1) is 8.80. The van der Waals surface area contributed by atoms with E-state index in [0.29, 0.717) is 6.54 Å². The maximum atomic E-state index is 5.47. The van der Waals surface area contributed by atoms with E-state index < -0.39 is 0 Å². The Balaban J connectivity index is 2.99. The summed E-state index contributed by atoms with van der Waals surface area (Å²) in [5, 5.41) is 0. The van der Waals surface area contributed by atoms with E-state index in [4.69, 9.17) is 10.5 Å². The Morgan fingerprint density at radius 2 is 2.27 bits per heavy atom. The number of rotatable bonds is 2. The molecule has 0 atom stereocenters. The van der Waals surface area contributed by atoms with E-state index in [1.165, 1.54) is 0 Å². The maximum Gasteiger partial charge on any atom is 0.132 e. The Bertz CT molecular complexity index is 250. The highest BCUT2D eigenvalue weighted by molar-refractivity contribution is 14.1. The first-order chi connectivity index (χ1) is 5.27. The highest BCUT2D eigenvalue weighted by atomic mass is 127. The Morgan fingerprint density at radius 1 is 1.55 bits per heavy atom. The zero-order valence-electron chi connectivity index (χ0n) is 6.30. The van der Waals surface area contributed by atoms with Crippen LogP contribution >= 0.6 is 22.6 Å². The fourth-order valence-corrected chi connectivity index (χ4v) is 1.64. The van der Waals surface area contributed by atoms with E-state index in [0.717, 1.165) is 14.9 Å². The predicted octanol–water partition coefficient (Wildman–Crippen LogP) is 1.76. The topological polar surface area (TPSA) is 35.2 Å². The van der Waals surface area contributed by atoms with Crippen LogP contribution in [0.3, 0.4) is 0 Å². The van der Waals surface area contributed by atoms with Crippen LogP contribution in [0.1, 0.15) is 5.56 Å². The summed E-state index contributed by atoms with van der Waals surface area (Å²) in [4.78, 5) is 0. The molecule has 0 aromatic heterocycles. The molecule has 1 rings (SSSR count). The van der Waals surface area contributed by atoms with Crippen molar-refractivity contribution in [3.8, 4) is 5.75 Å². The SMILES string of the molecule is COc1ccc(CN)cc1I. The molecule has 0 bridgehead atoms. The Labute approximate surface area is 79.9 Å². The highest BCUT2D eigenvalue weighted by Gasteiger charge is 1.98. The van der Waals surface area contributed by atoms with Gasteiger partial charge in [-0.25, -0.2) is 0 Å². The number of methoxy groups -OCH3 is 1. The molecule has 11 heavy (non-hydrogen) atoms. The molecule has 0 radical (unpaired) electrons. The average Bonchev–Trinajstić information content (AvgIpc) is 2.04. The lowest BCUT2D eigenvalue weighted by Gasteiger charge is -2.03. The van der Waals surface area contributed by atoms with Crippen LogP contribution in [0, 0.1) is 3.57 Å². The molecule has 0 aliphatic carbocycles. The number of hydrogen-bond acceptors (Lipinski definition) is 2. The normalized spacial score (nSPS) is 9.73. The standard InChI is InChI=1S/C8H10INO/c1-11-8-3-2-6(5-10)4-7(8)9/h2-4H,5,10H2,1H3. The molecule has 2 N–H and O–H groups in total. The molecule has 3 heteroatoms. The van der Waals surface area contributed by atoms with E-state index in [1.807, 2.05) is 18.2 Å². The van der Waals surface area contributed by atoms with Gasteiger partial charge in [-0.2, -0.15) is 0 Å². The molecule has 0 fully saturated rings. The van der Waals surface area contributed by atoms with Crippen molar-refractivity contribution in [3.63, 3.8) is 0 Å². The van der Waals surface area contributed by atoms with Crippen molar-refractivity contribution in [2.45, 2.75) is 6.54 Å². The van der Waals surface area contributed by atoms with Gasteiger partial charge in [-0.3, -0.25) is 0 Å². The number of hydrogen-bond donors (Lipinski definition) is 1. The minimum absolute atomic E-state index is 0.583. The monoisotopic (exact) mass is 263 g/mol. The molecule has 0 aliphatic rings. The van der Waals surface area contributed by atoms with Gasteiger partial charge in [0.2, 0.25) is 0 Å². The van der Waals surface area contributed by atoms with E-state index in [-0.39, 0.29) is 0 Å². The third kappa shape index (κ3) is 2.07. The van der Waals surface area contributed by atoms with Crippen molar-refractivity contribution < 1.29 is 4.74 Å². The van der Waals surface area contributed by atoms with Crippen molar-refractivity contribution in [1.82, 2.24) is 0 Å². The third-order valence-corrected chi connectivity index (χ3v) is 2.29. The third-order valence-electron chi connectivity index (χ3n) is 1.45. The van der Waals surface area contributed by atoms with Gasteiger partial charge in [0.05, 0.1) is 10.7 Å². The molecular formula is C8H10INO. The predicted molar refractivity (Wildman–Crippen MR) is 53.6 cm³/mol. The van der Waals surface area contributed by atoms with Crippen molar-refractivity contribution in [1.29, 1.82) is 0 Å². The summed E-state index contributed by atoms with van der Waals surface area (Å²) in [6.07, 6.45) is 0. The van der Waals surface area contributed by atoms with Crippen LogP contribution in [0.25, 0.3) is 0 Å². The number of ether oxygens (including phenoxy) is 1. The van der Waals surface area contributed by atoms with Gasteiger partial charge in [0, 0.05) is 6.54 Å². The van der Waals surface area contributed by atoms with Crippen LogP contribution < -0.4 is 10.5 Å². The number of benzene rings is 1. The molecule has 2 nitrogen and oxygen atoms in total. The van der Waals surface area contributed by atoms with E-state index in [2.05, 4.69) is 22.6 Å². The second-order valence-corrected chi connectivity index (χ2v) is 3.34. The van der Waals surface area contributed by atoms with Gasteiger partial charge < -0.3 is 10.5 Å². The summed E-state index contributed by atoms with van der Waals surface area (Å²) in [6, 6.07) is 5.93. The van der Waals surface area contributed by atoms with Crippen molar-refractivity contribution in [2.24, 2.45) is 5.73 Å². The van der Waals surface area contributed by atoms with Gasteiger partial charge in [0.25, 0.3) is 0 Å². The molecule has 0 saturated heterocycles. The number of halogens is 1. The zero-order chi connectivity index (χ0) is 8.27. The van der Waals surface area contributed by atoms with E-state index in [9.17, 15) is 0 Å². The highest BCUT2D eigenvalue weighted by Crippen LogP contribution is 2.20.